The molecule has 1 fully saturated rings. The molecule has 2 unspecified atom stereocenters. The highest BCUT2D eigenvalue weighted by molar-refractivity contribution is 5.95. The Morgan fingerprint density at radius 2 is 1.97 bits per heavy atom. The fourth-order valence-corrected chi connectivity index (χ4v) is 2.58. The zero-order valence-corrected chi connectivity index (χ0v) is 18.3. The van der Waals surface area contributed by atoms with Gasteiger partial charge in [-0.3, -0.25) is 9.59 Å². The fraction of sp³-hybridized carbons (Fsp3) is 0.409. The lowest BCUT2D eigenvalue weighted by Crippen LogP contribution is -2.27. The van der Waals surface area contributed by atoms with Crippen LogP contribution in [0.3, 0.4) is 0 Å². The molecular formula is C22H29F2N3O5. The maximum absolute atomic E-state index is 12.7. The van der Waals surface area contributed by atoms with Crippen LogP contribution in [-0.2, 0) is 9.53 Å². The summed E-state index contributed by atoms with van der Waals surface area (Å²) in [4.78, 5) is 26.5. The first-order valence-corrected chi connectivity index (χ1v) is 10.2. The summed E-state index contributed by atoms with van der Waals surface area (Å²) in [6, 6.07) is 6.69. The van der Waals surface area contributed by atoms with Gasteiger partial charge >= 0.3 is 0 Å². The molecule has 2 atom stereocenters. The second kappa shape index (κ2) is 14.0. The Morgan fingerprint density at radius 3 is 2.50 bits per heavy atom. The number of primary amides is 1. The van der Waals surface area contributed by atoms with Gasteiger partial charge in [-0.05, 0) is 44.0 Å². The van der Waals surface area contributed by atoms with Crippen LogP contribution in [0.5, 0.6) is 5.75 Å². The van der Waals surface area contributed by atoms with Crippen LogP contribution in [0.4, 0.5) is 14.5 Å². The van der Waals surface area contributed by atoms with E-state index >= 15 is 0 Å². The number of aromatic nitrogens is 1. The number of hydrogen-bond donors (Lipinski definition) is 3. The number of nitrogens with zero attached hydrogens (tertiary/aromatic N) is 1. The lowest BCUT2D eigenvalue weighted by atomic mass is 10.2. The standard InChI is InChI=1S/C12H15N3O3.C8H8F2O2.C2H6/c1-7-2-5-10(18-7)12(17)15-8-3-4-9(11(13)16)14-6-8;9-6-2-1-3-7(8(6)10)12-5-4-11;1-2/h3-4,6-7,10H,2,5H2,1H3,(H2,13,16)(H,15,17);1-3,11H,4-5H2;1-2H3. The van der Waals surface area contributed by atoms with Crippen LogP contribution >= 0.6 is 0 Å². The van der Waals surface area contributed by atoms with E-state index in [4.69, 9.17) is 20.3 Å². The average molecular weight is 453 g/mol. The predicted molar refractivity (Wildman–Crippen MR) is 115 cm³/mol. The van der Waals surface area contributed by atoms with E-state index in [9.17, 15) is 18.4 Å². The molecular weight excluding hydrogens is 424 g/mol. The molecule has 8 nitrogen and oxygen atoms in total. The van der Waals surface area contributed by atoms with Crippen molar-refractivity contribution in [2.45, 2.75) is 45.8 Å². The third-order valence-electron chi connectivity index (χ3n) is 4.07. The SMILES string of the molecule is CC.CC1CCC(C(=O)Nc2ccc(C(N)=O)nc2)O1.OCCOc1cccc(F)c1F. The molecule has 2 aromatic rings. The third-order valence-corrected chi connectivity index (χ3v) is 4.07. The minimum Gasteiger partial charge on any atom is -0.488 e. The van der Waals surface area contributed by atoms with Crippen molar-refractivity contribution in [3.8, 4) is 5.75 Å². The number of ether oxygens (including phenoxy) is 2. The summed E-state index contributed by atoms with van der Waals surface area (Å²) in [7, 11) is 0. The zero-order chi connectivity index (χ0) is 24.1. The minimum absolute atomic E-state index is 0.0413. The van der Waals surface area contributed by atoms with Crippen molar-refractivity contribution >= 4 is 17.5 Å². The average Bonchev–Trinajstić information content (AvgIpc) is 3.23. The van der Waals surface area contributed by atoms with Gasteiger partial charge in [0.1, 0.15) is 18.4 Å². The summed E-state index contributed by atoms with van der Waals surface area (Å²) in [5, 5.41) is 11.0. The number of carbonyl (C=O) groups excluding carboxylic acids is 2. The summed E-state index contributed by atoms with van der Waals surface area (Å²) in [5.41, 5.74) is 5.76. The van der Waals surface area contributed by atoms with Crippen LogP contribution in [0.2, 0.25) is 0 Å². The minimum atomic E-state index is -1.02. The Hall–Kier alpha value is -3.11. The summed E-state index contributed by atoms with van der Waals surface area (Å²) in [6.45, 7) is 5.67. The van der Waals surface area contributed by atoms with Crippen molar-refractivity contribution in [1.82, 2.24) is 4.98 Å². The van der Waals surface area contributed by atoms with Gasteiger partial charge in [0.05, 0.1) is 24.6 Å². The molecule has 0 saturated carbocycles. The highest BCUT2D eigenvalue weighted by Gasteiger charge is 2.28. The van der Waals surface area contributed by atoms with E-state index in [-0.39, 0.29) is 36.7 Å². The van der Waals surface area contributed by atoms with Crippen LogP contribution in [0, 0.1) is 11.6 Å². The topological polar surface area (TPSA) is 124 Å². The number of nitrogens with one attached hydrogen (secondary N) is 1. The molecule has 3 rings (SSSR count). The largest absolute Gasteiger partial charge is 0.488 e. The highest BCUT2D eigenvalue weighted by atomic mass is 19.2. The van der Waals surface area contributed by atoms with E-state index < -0.39 is 23.6 Å². The second-order valence-corrected chi connectivity index (χ2v) is 6.42. The number of nitrogens with two attached hydrogens (primary N) is 1. The Morgan fingerprint density at radius 1 is 1.25 bits per heavy atom. The number of anilines is 1. The molecule has 1 aliphatic rings. The van der Waals surface area contributed by atoms with Crippen LogP contribution < -0.4 is 15.8 Å². The first-order valence-electron chi connectivity index (χ1n) is 10.2. The molecule has 32 heavy (non-hydrogen) atoms. The Labute approximate surface area is 185 Å². The van der Waals surface area contributed by atoms with Gasteiger partial charge in [-0.1, -0.05) is 19.9 Å². The summed E-state index contributed by atoms with van der Waals surface area (Å²) in [5.74, 6) is -2.94. The molecule has 0 spiro atoms. The lowest BCUT2D eigenvalue weighted by Gasteiger charge is -2.11. The maximum atomic E-state index is 12.7. The van der Waals surface area contributed by atoms with Crippen molar-refractivity contribution in [2.75, 3.05) is 18.5 Å². The van der Waals surface area contributed by atoms with Crippen LogP contribution in [0.1, 0.15) is 44.1 Å². The molecule has 2 amide bonds. The summed E-state index contributed by atoms with van der Waals surface area (Å²) < 4.78 is 35.4. The van der Waals surface area contributed by atoms with E-state index in [1.807, 2.05) is 20.8 Å². The van der Waals surface area contributed by atoms with E-state index in [1.54, 1.807) is 6.07 Å². The van der Waals surface area contributed by atoms with Gasteiger partial charge in [-0.15, -0.1) is 0 Å². The molecule has 1 aliphatic heterocycles. The van der Waals surface area contributed by atoms with Crippen molar-refractivity contribution in [1.29, 1.82) is 0 Å². The summed E-state index contributed by atoms with van der Waals surface area (Å²) in [6.07, 6.45) is 2.72. The molecule has 0 aliphatic carbocycles. The molecule has 1 aromatic carbocycles. The molecule has 0 radical (unpaired) electrons. The van der Waals surface area contributed by atoms with Crippen molar-refractivity contribution in [3.05, 3.63) is 53.9 Å². The number of pyridine rings is 1. The fourth-order valence-electron chi connectivity index (χ4n) is 2.58. The van der Waals surface area contributed by atoms with E-state index in [0.717, 1.165) is 18.9 Å². The molecule has 1 aromatic heterocycles. The normalized spacial score (nSPS) is 16.7. The van der Waals surface area contributed by atoms with E-state index in [2.05, 4.69) is 10.3 Å². The smallest absolute Gasteiger partial charge is 0.267 e. The number of benzene rings is 1. The van der Waals surface area contributed by atoms with Crippen molar-refractivity contribution in [2.24, 2.45) is 5.73 Å². The van der Waals surface area contributed by atoms with Gasteiger partial charge in [-0.2, -0.15) is 4.39 Å². The van der Waals surface area contributed by atoms with Gasteiger partial charge in [0.15, 0.2) is 11.6 Å². The molecule has 176 valence electrons. The van der Waals surface area contributed by atoms with E-state index in [0.29, 0.717) is 5.69 Å². The van der Waals surface area contributed by atoms with Gasteiger partial charge < -0.3 is 25.6 Å². The van der Waals surface area contributed by atoms with E-state index in [1.165, 1.54) is 24.4 Å². The van der Waals surface area contributed by atoms with Crippen LogP contribution in [0.25, 0.3) is 0 Å². The number of hydrogen-bond acceptors (Lipinski definition) is 6. The highest BCUT2D eigenvalue weighted by Crippen LogP contribution is 2.20. The Bertz CT molecular complexity index is 865. The lowest BCUT2D eigenvalue weighted by molar-refractivity contribution is -0.126. The number of carbonyl (C=O) groups is 2. The van der Waals surface area contributed by atoms with Crippen molar-refractivity contribution < 1.29 is 33.0 Å². The first-order chi connectivity index (χ1) is 15.3. The quantitative estimate of drug-likeness (QED) is 0.618. The number of rotatable bonds is 6. The number of aliphatic hydroxyl groups is 1. The summed E-state index contributed by atoms with van der Waals surface area (Å²) >= 11 is 0. The maximum Gasteiger partial charge on any atom is 0.267 e. The van der Waals surface area contributed by atoms with Gasteiger partial charge in [0.25, 0.3) is 11.8 Å². The van der Waals surface area contributed by atoms with Crippen LogP contribution in [0.15, 0.2) is 36.5 Å². The zero-order valence-electron chi connectivity index (χ0n) is 18.3. The predicted octanol–water partition coefficient (Wildman–Crippen LogP) is 3.05. The Balaban J connectivity index is 0.000000318. The van der Waals surface area contributed by atoms with Crippen molar-refractivity contribution in [3.63, 3.8) is 0 Å². The number of aliphatic hydroxyl groups excluding tert-OH is 1. The molecule has 1 saturated heterocycles. The second-order valence-electron chi connectivity index (χ2n) is 6.42. The molecule has 0 bridgehead atoms. The first kappa shape index (κ1) is 26.9. The van der Waals surface area contributed by atoms with Crippen LogP contribution in [-0.4, -0.2) is 47.3 Å². The van der Waals surface area contributed by atoms with Gasteiger partial charge in [0.2, 0.25) is 5.82 Å². The molecule has 2 heterocycles. The molecule has 4 N–H and O–H groups in total. The van der Waals surface area contributed by atoms with Gasteiger partial charge in [0, 0.05) is 0 Å². The Kier molecular flexibility index (Phi) is 11.8. The molecule has 10 heteroatoms. The monoisotopic (exact) mass is 453 g/mol. The number of amides is 2. The number of halogens is 2. The third kappa shape index (κ3) is 8.56. The van der Waals surface area contributed by atoms with Gasteiger partial charge in [-0.25, -0.2) is 9.37 Å².